The van der Waals surface area contributed by atoms with E-state index in [1.165, 1.54) is 28.4 Å². The van der Waals surface area contributed by atoms with E-state index in [2.05, 4.69) is 15.0 Å². The van der Waals surface area contributed by atoms with Crippen LogP contribution in [0.1, 0.15) is 22.0 Å². The molecule has 3 aromatic heterocycles. The summed E-state index contributed by atoms with van der Waals surface area (Å²) in [4.78, 5) is 24.9. The maximum absolute atomic E-state index is 12.2. The number of nitrogens with zero attached hydrogens (tertiary/aromatic N) is 5. The largest absolute Gasteiger partial charge is 0.296 e. The molecule has 0 radical (unpaired) electrons. The molecule has 0 saturated carbocycles. The molecule has 1 aliphatic heterocycles. The maximum Gasteiger partial charge on any atom is 0.266 e. The van der Waals surface area contributed by atoms with Crippen molar-refractivity contribution in [2.75, 3.05) is 13.1 Å². The molecule has 0 aromatic carbocycles. The van der Waals surface area contributed by atoms with E-state index < -0.39 is 0 Å². The van der Waals surface area contributed by atoms with E-state index in [0.29, 0.717) is 12.5 Å². The van der Waals surface area contributed by atoms with Crippen molar-refractivity contribution in [2.24, 2.45) is 5.92 Å². The van der Waals surface area contributed by atoms with Gasteiger partial charge in [0.2, 0.25) is 0 Å². The monoisotopic (exact) mass is 379 g/mol. The Morgan fingerprint density at radius 1 is 1.11 bits per heavy atom. The molecule has 0 amide bonds. The Hall–Kier alpha value is -2.38. The van der Waals surface area contributed by atoms with Gasteiger partial charge in [0, 0.05) is 47.9 Å². The van der Waals surface area contributed by atoms with Crippen LogP contribution >= 0.6 is 11.3 Å². The molecule has 2 aliphatic rings. The number of likely N-dealkylation sites (tertiary alicyclic amines) is 1. The SMILES string of the molecule is O=c1ccc(-c2ccncc2)nn1CC1CN(Cc2nc3c(s2)CCC3)C1. The molecule has 0 spiro atoms. The Labute approximate surface area is 161 Å². The van der Waals surface area contributed by atoms with E-state index in [-0.39, 0.29) is 5.56 Å². The Balaban J connectivity index is 1.21. The fraction of sp³-hybridized carbons (Fsp3) is 0.400. The number of hydrogen-bond acceptors (Lipinski definition) is 6. The van der Waals surface area contributed by atoms with Gasteiger partial charge < -0.3 is 0 Å². The van der Waals surface area contributed by atoms with Gasteiger partial charge in [-0.2, -0.15) is 5.10 Å². The lowest BCUT2D eigenvalue weighted by Crippen LogP contribution is -2.48. The van der Waals surface area contributed by atoms with Crippen LogP contribution in [0.2, 0.25) is 0 Å². The molecule has 0 atom stereocenters. The van der Waals surface area contributed by atoms with E-state index >= 15 is 0 Å². The van der Waals surface area contributed by atoms with Crippen molar-refractivity contribution in [1.29, 1.82) is 0 Å². The zero-order valence-corrected chi connectivity index (χ0v) is 15.9. The standard InChI is InChI=1S/C20H21N5OS/c26-20-5-4-16(15-6-8-21-9-7-15)23-25(20)12-14-10-24(11-14)13-19-22-17-2-1-3-18(17)27-19/h4-9,14H,1-3,10-13H2. The lowest BCUT2D eigenvalue weighted by atomic mass is 10.0. The molecule has 0 bridgehead atoms. The van der Waals surface area contributed by atoms with Crippen molar-refractivity contribution in [3.8, 4) is 11.3 Å². The number of rotatable bonds is 5. The van der Waals surface area contributed by atoms with E-state index in [1.54, 1.807) is 29.2 Å². The minimum Gasteiger partial charge on any atom is -0.296 e. The predicted molar refractivity (Wildman–Crippen MR) is 105 cm³/mol. The summed E-state index contributed by atoms with van der Waals surface area (Å²) in [6.07, 6.45) is 7.10. The molecule has 7 heteroatoms. The molecular formula is C20H21N5OS. The first kappa shape index (κ1) is 16.8. The van der Waals surface area contributed by atoms with Gasteiger partial charge in [-0.1, -0.05) is 0 Å². The van der Waals surface area contributed by atoms with Gasteiger partial charge in [0.25, 0.3) is 5.56 Å². The average Bonchev–Trinajstić information content (AvgIpc) is 3.24. The predicted octanol–water partition coefficient (Wildman–Crippen LogP) is 2.38. The highest BCUT2D eigenvalue weighted by Crippen LogP contribution is 2.29. The minimum absolute atomic E-state index is 0.0393. The molecule has 1 aliphatic carbocycles. The molecule has 138 valence electrons. The molecule has 5 rings (SSSR count). The van der Waals surface area contributed by atoms with Gasteiger partial charge in [0.1, 0.15) is 5.01 Å². The van der Waals surface area contributed by atoms with E-state index in [1.807, 2.05) is 23.5 Å². The van der Waals surface area contributed by atoms with Crippen LogP contribution in [0.5, 0.6) is 0 Å². The lowest BCUT2D eigenvalue weighted by Gasteiger charge is -2.38. The van der Waals surface area contributed by atoms with Crippen molar-refractivity contribution >= 4 is 11.3 Å². The first-order valence-corrected chi connectivity index (χ1v) is 10.2. The number of pyridine rings is 1. The van der Waals surface area contributed by atoms with Crippen LogP contribution in [-0.2, 0) is 25.9 Å². The molecular weight excluding hydrogens is 358 g/mol. The van der Waals surface area contributed by atoms with Crippen molar-refractivity contribution in [3.63, 3.8) is 0 Å². The number of thiazole rings is 1. The summed E-state index contributed by atoms with van der Waals surface area (Å²) in [6.45, 7) is 3.60. The summed E-state index contributed by atoms with van der Waals surface area (Å²) < 4.78 is 1.61. The summed E-state index contributed by atoms with van der Waals surface area (Å²) in [5.74, 6) is 0.467. The summed E-state index contributed by atoms with van der Waals surface area (Å²) in [7, 11) is 0. The van der Waals surface area contributed by atoms with Crippen LogP contribution in [0.3, 0.4) is 0 Å². The molecule has 6 nitrogen and oxygen atoms in total. The van der Waals surface area contributed by atoms with E-state index in [4.69, 9.17) is 4.98 Å². The molecule has 1 saturated heterocycles. The Morgan fingerprint density at radius 2 is 1.96 bits per heavy atom. The van der Waals surface area contributed by atoms with Gasteiger partial charge in [-0.05, 0) is 37.5 Å². The van der Waals surface area contributed by atoms with Crippen molar-refractivity contribution in [3.05, 3.63) is 62.6 Å². The summed E-state index contributed by atoms with van der Waals surface area (Å²) in [5.41, 5.74) is 3.08. The topological polar surface area (TPSA) is 63.9 Å². The van der Waals surface area contributed by atoms with Crippen molar-refractivity contribution in [1.82, 2.24) is 24.6 Å². The van der Waals surface area contributed by atoms with Crippen LogP contribution in [0, 0.1) is 5.92 Å². The minimum atomic E-state index is -0.0393. The fourth-order valence-electron chi connectivity index (χ4n) is 3.93. The van der Waals surface area contributed by atoms with Crippen molar-refractivity contribution in [2.45, 2.75) is 32.4 Å². The molecule has 4 heterocycles. The van der Waals surface area contributed by atoms with Gasteiger partial charge in [0.05, 0.1) is 24.5 Å². The zero-order valence-electron chi connectivity index (χ0n) is 15.0. The van der Waals surface area contributed by atoms with Gasteiger partial charge in [-0.15, -0.1) is 11.3 Å². The second-order valence-electron chi connectivity index (χ2n) is 7.37. The van der Waals surface area contributed by atoms with Crippen LogP contribution in [-0.4, -0.2) is 37.7 Å². The Kier molecular flexibility index (Phi) is 4.33. The van der Waals surface area contributed by atoms with E-state index in [0.717, 1.165) is 37.3 Å². The van der Waals surface area contributed by atoms with Gasteiger partial charge in [0.15, 0.2) is 0 Å². The molecule has 1 fully saturated rings. The Bertz CT molecular complexity index is 985. The summed E-state index contributed by atoms with van der Waals surface area (Å²) in [5, 5.41) is 5.80. The fourth-order valence-corrected chi connectivity index (χ4v) is 5.12. The van der Waals surface area contributed by atoms with Gasteiger partial charge in [-0.25, -0.2) is 9.67 Å². The average molecular weight is 379 g/mol. The third-order valence-electron chi connectivity index (χ3n) is 5.31. The number of aryl methyl sites for hydroxylation is 2. The quantitative estimate of drug-likeness (QED) is 0.681. The highest BCUT2D eigenvalue weighted by molar-refractivity contribution is 7.11. The molecule has 0 unspecified atom stereocenters. The van der Waals surface area contributed by atoms with Gasteiger partial charge >= 0.3 is 0 Å². The molecule has 27 heavy (non-hydrogen) atoms. The highest BCUT2D eigenvalue weighted by atomic mass is 32.1. The van der Waals surface area contributed by atoms with Crippen molar-refractivity contribution < 1.29 is 0 Å². The first-order chi connectivity index (χ1) is 13.2. The smallest absolute Gasteiger partial charge is 0.266 e. The first-order valence-electron chi connectivity index (χ1n) is 9.43. The number of fused-ring (bicyclic) bond motifs is 1. The summed E-state index contributed by atoms with van der Waals surface area (Å²) in [6, 6.07) is 7.21. The van der Waals surface area contributed by atoms with Crippen LogP contribution in [0.4, 0.5) is 0 Å². The number of hydrogen-bond donors (Lipinski definition) is 0. The third kappa shape index (κ3) is 3.44. The lowest BCUT2D eigenvalue weighted by molar-refractivity contribution is 0.0766. The van der Waals surface area contributed by atoms with Gasteiger partial charge in [-0.3, -0.25) is 14.7 Å². The van der Waals surface area contributed by atoms with Crippen LogP contribution < -0.4 is 5.56 Å². The molecule has 0 N–H and O–H groups in total. The summed E-state index contributed by atoms with van der Waals surface area (Å²) >= 11 is 1.88. The van der Waals surface area contributed by atoms with E-state index in [9.17, 15) is 4.79 Å². The second-order valence-corrected chi connectivity index (χ2v) is 8.53. The van der Waals surface area contributed by atoms with Crippen LogP contribution in [0.25, 0.3) is 11.3 Å². The van der Waals surface area contributed by atoms with Crippen LogP contribution in [0.15, 0.2) is 41.5 Å². The molecule has 3 aromatic rings. The zero-order chi connectivity index (χ0) is 18.2. The second kappa shape index (κ2) is 6.98. The highest BCUT2D eigenvalue weighted by Gasteiger charge is 2.29. The normalized spacial score (nSPS) is 17.0. The Morgan fingerprint density at radius 3 is 2.78 bits per heavy atom. The maximum atomic E-state index is 12.2. The number of aromatic nitrogens is 4. The third-order valence-corrected chi connectivity index (χ3v) is 6.45.